The van der Waals surface area contributed by atoms with Crippen molar-refractivity contribution in [1.29, 1.82) is 0 Å². The van der Waals surface area contributed by atoms with E-state index in [1.54, 1.807) is 6.07 Å². The minimum absolute atomic E-state index is 0.236. The van der Waals surface area contributed by atoms with Crippen molar-refractivity contribution in [3.8, 4) is 0 Å². The summed E-state index contributed by atoms with van der Waals surface area (Å²) in [5.74, 6) is -0.236. The Morgan fingerprint density at radius 2 is 2.20 bits per heavy atom. The Kier molecular flexibility index (Phi) is 4.30. The van der Waals surface area contributed by atoms with Crippen LogP contribution in [0.1, 0.15) is 24.2 Å². The van der Waals surface area contributed by atoms with E-state index in [1.807, 2.05) is 18.7 Å². The summed E-state index contributed by atoms with van der Waals surface area (Å²) in [7, 11) is 0. The molecule has 0 aliphatic heterocycles. The van der Waals surface area contributed by atoms with Gasteiger partial charge in [-0.25, -0.2) is 0 Å². The third-order valence-corrected chi connectivity index (χ3v) is 2.41. The lowest BCUT2D eigenvalue weighted by Crippen LogP contribution is -2.42. The molecule has 1 rings (SSSR count). The number of hydrogen-bond donors (Lipinski definition) is 1. The number of nitrogens with one attached hydrogen (secondary N) is 1. The molecule has 0 aromatic carbocycles. The van der Waals surface area contributed by atoms with E-state index >= 15 is 0 Å². The molecule has 0 radical (unpaired) electrons. The van der Waals surface area contributed by atoms with Crippen molar-refractivity contribution in [3.05, 3.63) is 24.2 Å². The second kappa shape index (κ2) is 5.50. The van der Waals surface area contributed by atoms with E-state index in [-0.39, 0.29) is 5.91 Å². The molecule has 15 heavy (non-hydrogen) atoms. The van der Waals surface area contributed by atoms with Crippen molar-refractivity contribution in [2.24, 2.45) is 0 Å². The van der Waals surface area contributed by atoms with Gasteiger partial charge >= 0.3 is 0 Å². The Labute approximate surface area is 94.2 Å². The molecule has 0 bridgehead atoms. The van der Waals surface area contributed by atoms with Crippen molar-refractivity contribution in [2.45, 2.75) is 13.8 Å². The molecule has 0 aliphatic carbocycles. The van der Waals surface area contributed by atoms with Gasteiger partial charge in [0.05, 0.1) is 11.8 Å². The number of hydrogen-bond acceptors (Lipinski definition) is 3. The van der Waals surface area contributed by atoms with Crippen LogP contribution in [-0.2, 0) is 0 Å². The smallest absolute Gasteiger partial charge is 0.260 e. The predicted molar refractivity (Wildman–Crippen MR) is 61.7 cm³/mol. The van der Waals surface area contributed by atoms with Gasteiger partial charge in [-0.15, -0.1) is 0 Å². The molecule has 0 spiro atoms. The maximum Gasteiger partial charge on any atom is 0.260 e. The summed E-state index contributed by atoms with van der Waals surface area (Å²) in [5, 5.41) is 3.09. The van der Waals surface area contributed by atoms with E-state index in [0.29, 0.717) is 10.7 Å². The lowest BCUT2D eigenvalue weighted by atomic mass is 10.3. The lowest BCUT2D eigenvalue weighted by Gasteiger charge is -2.21. The Morgan fingerprint density at radius 1 is 1.53 bits per heavy atom. The SMILES string of the molecule is CCN(CC)C(=S)NC(=O)c1ccoc1. The van der Waals surface area contributed by atoms with Crippen LogP contribution in [0.3, 0.4) is 0 Å². The minimum Gasteiger partial charge on any atom is -0.472 e. The summed E-state index contributed by atoms with van der Waals surface area (Å²) in [6, 6.07) is 1.60. The van der Waals surface area contributed by atoms with Crippen LogP contribution >= 0.6 is 12.2 Å². The number of rotatable bonds is 3. The monoisotopic (exact) mass is 226 g/mol. The topological polar surface area (TPSA) is 45.5 Å². The quantitative estimate of drug-likeness (QED) is 0.796. The van der Waals surface area contributed by atoms with Crippen molar-refractivity contribution in [2.75, 3.05) is 13.1 Å². The van der Waals surface area contributed by atoms with Gasteiger partial charge in [0, 0.05) is 13.1 Å². The van der Waals surface area contributed by atoms with Crippen LogP contribution in [0.2, 0.25) is 0 Å². The maximum atomic E-state index is 11.6. The number of carbonyl (C=O) groups excluding carboxylic acids is 1. The van der Waals surface area contributed by atoms with Gasteiger partial charge in [-0.2, -0.15) is 0 Å². The van der Waals surface area contributed by atoms with Crippen LogP contribution in [0.25, 0.3) is 0 Å². The summed E-state index contributed by atoms with van der Waals surface area (Å²) >= 11 is 5.09. The highest BCUT2D eigenvalue weighted by Gasteiger charge is 2.11. The van der Waals surface area contributed by atoms with E-state index in [9.17, 15) is 4.79 Å². The molecule has 82 valence electrons. The average Bonchev–Trinajstić information content (AvgIpc) is 2.72. The van der Waals surface area contributed by atoms with Gasteiger partial charge in [-0.05, 0) is 32.1 Å². The molecule has 4 nitrogen and oxygen atoms in total. The molecule has 5 heteroatoms. The molecule has 1 aromatic heterocycles. The van der Waals surface area contributed by atoms with Crippen molar-refractivity contribution in [1.82, 2.24) is 10.2 Å². The van der Waals surface area contributed by atoms with Crippen LogP contribution in [0, 0.1) is 0 Å². The van der Waals surface area contributed by atoms with E-state index in [2.05, 4.69) is 5.32 Å². The Hall–Kier alpha value is -1.36. The number of amides is 1. The first kappa shape index (κ1) is 11.7. The standard InChI is InChI=1S/C10H14N2O2S/c1-3-12(4-2)10(15)11-9(13)8-5-6-14-7-8/h5-7H,3-4H2,1-2H3,(H,11,13,15). The molecule has 0 unspecified atom stereocenters. The molecular formula is C10H14N2O2S. The normalized spacial score (nSPS) is 9.73. The van der Waals surface area contributed by atoms with Gasteiger partial charge < -0.3 is 9.32 Å². The molecule has 1 N–H and O–H groups in total. The highest BCUT2D eigenvalue weighted by molar-refractivity contribution is 7.80. The predicted octanol–water partition coefficient (Wildman–Crippen LogP) is 1.64. The summed E-state index contributed by atoms with van der Waals surface area (Å²) in [4.78, 5) is 13.5. The van der Waals surface area contributed by atoms with Crippen molar-refractivity contribution >= 4 is 23.2 Å². The molecule has 0 saturated carbocycles. The van der Waals surface area contributed by atoms with Crippen LogP contribution in [0.15, 0.2) is 23.0 Å². The minimum atomic E-state index is -0.236. The molecule has 1 amide bonds. The molecule has 0 atom stereocenters. The number of nitrogens with zero attached hydrogens (tertiary/aromatic N) is 1. The second-order valence-corrected chi connectivity index (χ2v) is 3.33. The number of furan rings is 1. The summed E-state index contributed by atoms with van der Waals surface area (Å²) < 4.78 is 4.81. The van der Waals surface area contributed by atoms with E-state index in [0.717, 1.165) is 13.1 Å². The highest BCUT2D eigenvalue weighted by atomic mass is 32.1. The van der Waals surface area contributed by atoms with Crippen LogP contribution in [0.5, 0.6) is 0 Å². The fourth-order valence-electron chi connectivity index (χ4n) is 1.15. The summed E-state index contributed by atoms with van der Waals surface area (Å²) in [5.41, 5.74) is 0.476. The summed E-state index contributed by atoms with van der Waals surface area (Å²) in [6.45, 7) is 5.53. The van der Waals surface area contributed by atoms with E-state index < -0.39 is 0 Å². The first-order chi connectivity index (χ1) is 7.19. The van der Waals surface area contributed by atoms with Gasteiger partial charge in [-0.3, -0.25) is 10.1 Å². The second-order valence-electron chi connectivity index (χ2n) is 2.94. The summed E-state index contributed by atoms with van der Waals surface area (Å²) in [6.07, 6.45) is 2.84. The van der Waals surface area contributed by atoms with Crippen LogP contribution in [0.4, 0.5) is 0 Å². The van der Waals surface area contributed by atoms with E-state index in [4.69, 9.17) is 16.6 Å². The molecule has 0 saturated heterocycles. The largest absolute Gasteiger partial charge is 0.472 e. The zero-order valence-electron chi connectivity index (χ0n) is 8.82. The van der Waals surface area contributed by atoms with Crippen molar-refractivity contribution < 1.29 is 9.21 Å². The van der Waals surface area contributed by atoms with Gasteiger partial charge in [-0.1, -0.05) is 0 Å². The Morgan fingerprint density at radius 3 is 2.67 bits per heavy atom. The van der Waals surface area contributed by atoms with Gasteiger partial charge in [0.25, 0.3) is 5.91 Å². The maximum absolute atomic E-state index is 11.6. The molecule has 1 heterocycles. The molecule has 1 aromatic rings. The lowest BCUT2D eigenvalue weighted by molar-refractivity contribution is 0.0973. The Balaban J connectivity index is 2.55. The fraction of sp³-hybridized carbons (Fsp3) is 0.400. The fourth-order valence-corrected chi connectivity index (χ4v) is 1.50. The van der Waals surface area contributed by atoms with Crippen LogP contribution in [-0.4, -0.2) is 29.0 Å². The molecule has 0 fully saturated rings. The Bertz CT molecular complexity index is 331. The third-order valence-electron chi connectivity index (χ3n) is 2.05. The van der Waals surface area contributed by atoms with Gasteiger partial charge in [0.2, 0.25) is 0 Å². The zero-order chi connectivity index (χ0) is 11.3. The van der Waals surface area contributed by atoms with Crippen molar-refractivity contribution in [3.63, 3.8) is 0 Å². The third kappa shape index (κ3) is 3.06. The van der Waals surface area contributed by atoms with E-state index in [1.165, 1.54) is 12.5 Å². The first-order valence-electron chi connectivity index (χ1n) is 4.81. The first-order valence-corrected chi connectivity index (χ1v) is 5.22. The number of carbonyl (C=O) groups is 1. The number of thiocarbonyl (C=S) groups is 1. The highest BCUT2D eigenvalue weighted by Crippen LogP contribution is 2.00. The van der Waals surface area contributed by atoms with Gasteiger partial charge in [0.15, 0.2) is 5.11 Å². The molecular weight excluding hydrogens is 212 g/mol. The zero-order valence-corrected chi connectivity index (χ0v) is 9.63. The van der Waals surface area contributed by atoms with Crippen LogP contribution < -0.4 is 5.32 Å². The van der Waals surface area contributed by atoms with Gasteiger partial charge in [0.1, 0.15) is 6.26 Å². The average molecular weight is 226 g/mol. The molecule has 0 aliphatic rings.